The van der Waals surface area contributed by atoms with Gasteiger partial charge in [-0.1, -0.05) is 13.3 Å². The van der Waals surface area contributed by atoms with E-state index in [1.807, 2.05) is 4.90 Å². The molecular weight excluding hydrogens is 134 g/mol. The first-order chi connectivity index (χ1) is 5.43. The van der Waals surface area contributed by atoms with Crippen LogP contribution in [0, 0.1) is 0 Å². The summed E-state index contributed by atoms with van der Waals surface area (Å²) in [6.45, 7) is 6.62. The number of rotatable bonds is 4. The number of hydrogen-bond donors (Lipinski definition) is 1. The minimum atomic E-state index is 1.37. The standard InChI is InChI=1S/C10H21N/c1-2-3-5-8-11-9-6-4-7-10-11/h2-10H2,1H3/p+1. The van der Waals surface area contributed by atoms with Crippen molar-refractivity contribution in [3.63, 3.8) is 0 Å². The fraction of sp³-hybridized carbons (Fsp3) is 1.00. The molecule has 0 aliphatic carbocycles. The number of hydrogen-bond acceptors (Lipinski definition) is 0. The lowest BCUT2D eigenvalue weighted by atomic mass is 10.1. The van der Waals surface area contributed by atoms with Gasteiger partial charge in [-0.3, -0.25) is 0 Å². The topological polar surface area (TPSA) is 4.44 Å². The van der Waals surface area contributed by atoms with Crippen LogP contribution in [-0.4, -0.2) is 19.6 Å². The van der Waals surface area contributed by atoms with Crippen molar-refractivity contribution < 1.29 is 4.90 Å². The van der Waals surface area contributed by atoms with Gasteiger partial charge in [0.25, 0.3) is 0 Å². The summed E-state index contributed by atoms with van der Waals surface area (Å²) in [7, 11) is 0. The molecule has 1 fully saturated rings. The highest BCUT2D eigenvalue weighted by atomic mass is 15.1. The second-order valence-electron chi connectivity index (χ2n) is 3.77. The van der Waals surface area contributed by atoms with E-state index in [1.54, 1.807) is 0 Å². The van der Waals surface area contributed by atoms with E-state index in [4.69, 9.17) is 0 Å². The number of unbranched alkanes of at least 4 members (excludes halogenated alkanes) is 2. The fourth-order valence-corrected chi connectivity index (χ4v) is 1.93. The molecule has 1 N–H and O–H groups in total. The van der Waals surface area contributed by atoms with Crippen LogP contribution in [0.15, 0.2) is 0 Å². The van der Waals surface area contributed by atoms with Crippen LogP contribution in [0.4, 0.5) is 0 Å². The molecule has 0 bridgehead atoms. The van der Waals surface area contributed by atoms with Crippen molar-refractivity contribution in [2.24, 2.45) is 0 Å². The van der Waals surface area contributed by atoms with Crippen LogP contribution in [0.5, 0.6) is 0 Å². The van der Waals surface area contributed by atoms with E-state index in [2.05, 4.69) is 6.92 Å². The molecule has 0 saturated carbocycles. The lowest BCUT2D eigenvalue weighted by Gasteiger charge is -2.23. The maximum absolute atomic E-state index is 2.28. The zero-order valence-corrected chi connectivity index (χ0v) is 7.86. The molecule has 0 unspecified atom stereocenters. The maximum Gasteiger partial charge on any atom is 0.0770 e. The number of quaternary nitrogens is 1. The average Bonchev–Trinajstić information content (AvgIpc) is 2.07. The van der Waals surface area contributed by atoms with E-state index in [-0.39, 0.29) is 0 Å². The van der Waals surface area contributed by atoms with E-state index in [0.29, 0.717) is 0 Å². The smallest absolute Gasteiger partial charge is 0.0770 e. The van der Waals surface area contributed by atoms with Gasteiger partial charge < -0.3 is 4.90 Å². The summed E-state index contributed by atoms with van der Waals surface area (Å²) < 4.78 is 0. The molecule has 0 aromatic rings. The number of nitrogens with one attached hydrogen (secondary N) is 1. The Hall–Kier alpha value is -0.0400. The molecule has 0 aromatic heterocycles. The quantitative estimate of drug-likeness (QED) is 0.584. The fourth-order valence-electron chi connectivity index (χ4n) is 1.93. The van der Waals surface area contributed by atoms with E-state index < -0.39 is 0 Å². The molecule has 1 saturated heterocycles. The molecule has 0 amide bonds. The molecule has 1 heterocycles. The normalized spacial score (nSPS) is 20.5. The minimum absolute atomic E-state index is 1.37. The zero-order valence-electron chi connectivity index (χ0n) is 7.86. The molecule has 1 heteroatoms. The first-order valence-electron chi connectivity index (χ1n) is 5.27. The lowest BCUT2D eigenvalue weighted by molar-refractivity contribution is -0.905. The highest BCUT2D eigenvalue weighted by molar-refractivity contribution is 4.46. The number of piperidine rings is 1. The van der Waals surface area contributed by atoms with Crippen LogP contribution < -0.4 is 4.90 Å². The van der Waals surface area contributed by atoms with Gasteiger partial charge in [0.05, 0.1) is 19.6 Å². The molecule has 1 aliphatic rings. The van der Waals surface area contributed by atoms with Crippen LogP contribution in [0.2, 0.25) is 0 Å². The van der Waals surface area contributed by atoms with Crippen molar-refractivity contribution in [2.75, 3.05) is 19.6 Å². The van der Waals surface area contributed by atoms with Crippen molar-refractivity contribution >= 4 is 0 Å². The molecule has 0 aromatic carbocycles. The van der Waals surface area contributed by atoms with E-state index in [1.165, 1.54) is 58.2 Å². The van der Waals surface area contributed by atoms with Gasteiger partial charge in [0.1, 0.15) is 0 Å². The molecule has 1 nitrogen and oxygen atoms in total. The molecule has 0 atom stereocenters. The first-order valence-corrected chi connectivity index (χ1v) is 5.27. The summed E-state index contributed by atoms with van der Waals surface area (Å²) in [6.07, 6.45) is 8.68. The predicted molar refractivity (Wildman–Crippen MR) is 48.9 cm³/mol. The lowest BCUT2D eigenvalue weighted by Crippen LogP contribution is -3.12. The van der Waals surface area contributed by atoms with E-state index in [9.17, 15) is 0 Å². The maximum atomic E-state index is 2.28. The summed E-state index contributed by atoms with van der Waals surface area (Å²) in [5.41, 5.74) is 0. The largest absolute Gasteiger partial charge is 0.335 e. The Bertz CT molecular complexity index is 84.9. The molecule has 0 radical (unpaired) electrons. The summed E-state index contributed by atoms with van der Waals surface area (Å²) in [6, 6.07) is 0. The van der Waals surface area contributed by atoms with Crippen molar-refractivity contribution in [2.45, 2.75) is 45.4 Å². The third-order valence-corrected chi connectivity index (χ3v) is 2.69. The van der Waals surface area contributed by atoms with Crippen molar-refractivity contribution in [1.29, 1.82) is 0 Å². The molecule has 1 aliphatic heterocycles. The van der Waals surface area contributed by atoms with E-state index >= 15 is 0 Å². The Balaban J connectivity index is 1.96. The van der Waals surface area contributed by atoms with Crippen LogP contribution >= 0.6 is 0 Å². The van der Waals surface area contributed by atoms with Crippen molar-refractivity contribution in [1.82, 2.24) is 0 Å². The second kappa shape index (κ2) is 5.59. The Kier molecular flexibility index (Phi) is 4.60. The van der Waals surface area contributed by atoms with Crippen LogP contribution in [0.1, 0.15) is 45.4 Å². The predicted octanol–water partition coefficient (Wildman–Crippen LogP) is 1.25. The Labute approximate surface area is 70.8 Å². The average molecular weight is 156 g/mol. The summed E-state index contributed by atoms with van der Waals surface area (Å²) in [4.78, 5) is 1.87. The van der Waals surface area contributed by atoms with Gasteiger partial charge in [0, 0.05) is 0 Å². The SMILES string of the molecule is CCCCC[NH+]1CCCCC1. The van der Waals surface area contributed by atoms with Gasteiger partial charge >= 0.3 is 0 Å². The first kappa shape index (κ1) is 9.05. The second-order valence-corrected chi connectivity index (χ2v) is 3.77. The Morgan fingerprint density at radius 3 is 2.36 bits per heavy atom. The van der Waals surface area contributed by atoms with Gasteiger partial charge in [-0.05, 0) is 32.1 Å². The Morgan fingerprint density at radius 2 is 1.73 bits per heavy atom. The summed E-state index contributed by atoms with van der Waals surface area (Å²) in [5, 5.41) is 0. The Morgan fingerprint density at radius 1 is 1.00 bits per heavy atom. The van der Waals surface area contributed by atoms with Crippen LogP contribution in [-0.2, 0) is 0 Å². The molecule has 1 rings (SSSR count). The van der Waals surface area contributed by atoms with Gasteiger partial charge in [-0.2, -0.15) is 0 Å². The third kappa shape index (κ3) is 3.76. The van der Waals surface area contributed by atoms with Crippen LogP contribution in [0.3, 0.4) is 0 Å². The van der Waals surface area contributed by atoms with Gasteiger partial charge in [0.2, 0.25) is 0 Å². The molecule has 66 valence electrons. The van der Waals surface area contributed by atoms with Crippen molar-refractivity contribution in [3.8, 4) is 0 Å². The zero-order chi connectivity index (χ0) is 7.94. The van der Waals surface area contributed by atoms with Gasteiger partial charge in [-0.15, -0.1) is 0 Å². The minimum Gasteiger partial charge on any atom is -0.335 e. The van der Waals surface area contributed by atoms with Gasteiger partial charge in [0.15, 0.2) is 0 Å². The van der Waals surface area contributed by atoms with Crippen molar-refractivity contribution in [3.05, 3.63) is 0 Å². The highest BCUT2D eigenvalue weighted by Gasteiger charge is 2.11. The summed E-state index contributed by atoms with van der Waals surface area (Å²) >= 11 is 0. The monoisotopic (exact) mass is 156 g/mol. The highest BCUT2D eigenvalue weighted by Crippen LogP contribution is 1.96. The molecule has 0 spiro atoms. The summed E-state index contributed by atoms with van der Waals surface area (Å²) in [5.74, 6) is 0. The van der Waals surface area contributed by atoms with Crippen LogP contribution in [0.25, 0.3) is 0 Å². The van der Waals surface area contributed by atoms with E-state index in [0.717, 1.165) is 0 Å². The third-order valence-electron chi connectivity index (χ3n) is 2.69. The molecule has 11 heavy (non-hydrogen) atoms. The molecular formula is C10H22N+. The number of likely N-dealkylation sites (tertiary alicyclic amines) is 1. The van der Waals surface area contributed by atoms with Gasteiger partial charge in [-0.25, -0.2) is 0 Å².